The molecule has 4 nitrogen and oxygen atoms in total. The van der Waals surface area contributed by atoms with E-state index in [1.54, 1.807) is 24.7 Å². The Morgan fingerprint density at radius 2 is 1.88 bits per heavy atom. The van der Waals surface area contributed by atoms with Crippen LogP contribution in [0.1, 0.15) is 6.92 Å². The van der Waals surface area contributed by atoms with Crippen molar-refractivity contribution < 1.29 is 4.79 Å². The Morgan fingerprint density at radius 3 is 2.44 bits per heavy atom. The lowest BCUT2D eigenvalue weighted by atomic mass is 10.1. The summed E-state index contributed by atoms with van der Waals surface area (Å²) in [5.74, 6) is 0.439. The topological polar surface area (TPSA) is 54.9 Å². The van der Waals surface area contributed by atoms with Crippen molar-refractivity contribution in [1.29, 1.82) is 0 Å². The second kappa shape index (κ2) is 4.53. The van der Waals surface area contributed by atoms with Crippen LogP contribution in [0.3, 0.4) is 0 Å². The molecule has 0 aliphatic carbocycles. The highest BCUT2D eigenvalue weighted by molar-refractivity contribution is 5.87. The Morgan fingerprint density at radius 1 is 1.12 bits per heavy atom. The standard InChI is InChI=1S/C12H11N3O/c1-9(16)15-12-3-2-11(8-14-12)10-4-6-13-7-5-10/h2-8H,1H3,(H,14,15,16). The average molecular weight is 213 g/mol. The van der Waals surface area contributed by atoms with Crippen LogP contribution in [0.25, 0.3) is 11.1 Å². The molecule has 80 valence electrons. The predicted molar refractivity (Wildman–Crippen MR) is 61.8 cm³/mol. The predicted octanol–water partition coefficient (Wildman–Crippen LogP) is 2.10. The lowest BCUT2D eigenvalue weighted by Gasteiger charge is -2.03. The van der Waals surface area contributed by atoms with Crippen molar-refractivity contribution in [2.45, 2.75) is 6.92 Å². The number of anilines is 1. The van der Waals surface area contributed by atoms with Crippen LogP contribution in [0, 0.1) is 0 Å². The van der Waals surface area contributed by atoms with Crippen LogP contribution < -0.4 is 5.32 Å². The van der Waals surface area contributed by atoms with Gasteiger partial charge in [-0.25, -0.2) is 4.98 Å². The molecule has 0 spiro atoms. The number of hydrogen-bond acceptors (Lipinski definition) is 3. The Hall–Kier alpha value is -2.23. The van der Waals surface area contributed by atoms with Gasteiger partial charge in [-0.1, -0.05) is 0 Å². The number of pyridine rings is 2. The molecule has 16 heavy (non-hydrogen) atoms. The van der Waals surface area contributed by atoms with Crippen molar-refractivity contribution in [2.24, 2.45) is 0 Å². The number of carbonyl (C=O) groups excluding carboxylic acids is 1. The molecule has 0 radical (unpaired) electrons. The molecule has 0 unspecified atom stereocenters. The van der Waals surface area contributed by atoms with Crippen molar-refractivity contribution in [2.75, 3.05) is 5.32 Å². The largest absolute Gasteiger partial charge is 0.311 e. The van der Waals surface area contributed by atoms with Crippen molar-refractivity contribution in [3.8, 4) is 11.1 Å². The molecule has 0 fully saturated rings. The molecule has 2 aromatic rings. The minimum atomic E-state index is -0.121. The molecule has 0 aromatic carbocycles. The molecular formula is C12H11N3O. The first-order valence-electron chi connectivity index (χ1n) is 4.90. The van der Waals surface area contributed by atoms with Crippen LogP contribution in [-0.4, -0.2) is 15.9 Å². The third-order valence-electron chi connectivity index (χ3n) is 2.08. The first-order valence-corrected chi connectivity index (χ1v) is 4.90. The van der Waals surface area contributed by atoms with Gasteiger partial charge in [-0.15, -0.1) is 0 Å². The minimum absolute atomic E-state index is 0.121. The summed E-state index contributed by atoms with van der Waals surface area (Å²) in [6.45, 7) is 1.46. The quantitative estimate of drug-likeness (QED) is 0.831. The van der Waals surface area contributed by atoms with E-state index < -0.39 is 0 Å². The maximum absolute atomic E-state index is 10.8. The van der Waals surface area contributed by atoms with Crippen LogP contribution in [-0.2, 0) is 4.79 Å². The van der Waals surface area contributed by atoms with Gasteiger partial charge < -0.3 is 5.32 Å². The number of nitrogens with one attached hydrogen (secondary N) is 1. The Kier molecular flexibility index (Phi) is 2.91. The van der Waals surface area contributed by atoms with Gasteiger partial charge in [0.15, 0.2) is 0 Å². The maximum atomic E-state index is 10.8. The Labute approximate surface area is 93.4 Å². The SMILES string of the molecule is CC(=O)Nc1ccc(-c2ccncc2)cn1. The van der Waals surface area contributed by atoms with Gasteiger partial charge in [-0.3, -0.25) is 9.78 Å². The fraction of sp³-hybridized carbons (Fsp3) is 0.0833. The van der Waals surface area contributed by atoms with Crippen LogP contribution in [0.5, 0.6) is 0 Å². The summed E-state index contributed by atoms with van der Waals surface area (Å²) in [5, 5.41) is 2.62. The molecule has 4 heteroatoms. The summed E-state index contributed by atoms with van der Waals surface area (Å²) in [7, 11) is 0. The first-order chi connectivity index (χ1) is 7.75. The molecule has 2 rings (SSSR count). The lowest BCUT2D eigenvalue weighted by Crippen LogP contribution is -2.06. The third-order valence-corrected chi connectivity index (χ3v) is 2.08. The second-order valence-corrected chi connectivity index (χ2v) is 3.35. The van der Waals surface area contributed by atoms with E-state index in [1.165, 1.54) is 6.92 Å². The molecule has 0 atom stereocenters. The zero-order valence-corrected chi connectivity index (χ0v) is 8.84. The third kappa shape index (κ3) is 2.42. The van der Waals surface area contributed by atoms with Gasteiger partial charge >= 0.3 is 0 Å². The monoisotopic (exact) mass is 213 g/mol. The van der Waals surface area contributed by atoms with Gasteiger partial charge in [0.25, 0.3) is 0 Å². The summed E-state index contributed by atoms with van der Waals surface area (Å²) >= 11 is 0. The highest BCUT2D eigenvalue weighted by atomic mass is 16.1. The van der Waals surface area contributed by atoms with Gasteiger partial charge in [-0.05, 0) is 29.8 Å². The van der Waals surface area contributed by atoms with E-state index in [-0.39, 0.29) is 5.91 Å². The summed E-state index contributed by atoms with van der Waals surface area (Å²) in [6, 6.07) is 7.51. The highest BCUT2D eigenvalue weighted by Gasteiger charge is 1.99. The lowest BCUT2D eigenvalue weighted by molar-refractivity contribution is -0.114. The number of hydrogen-bond donors (Lipinski definition) is 1. The van der Waals surface area contributed by atoms with E-state index in [2.05, 4.69) is 15.3 Å². The summed E-state index contributed by atoms with van der Waals surface area (Å²) in [4.78, 5) is 18.9. The van der Waals surface area contributed by atoms with E-state index in [4.69, 9.17) is 0 Å². The molecule has 0 saturated carbocycles. The van der Waals surface area contributed by atoms with Gasteiger partial charge in [0.05, 0.1) is 0 Å². The van der Waals surface area contributed by atoms with Crippen LogP contribution in [0.4, 0.5) is 5.82 Å². The highest BCUT2D eigenvalue weighted by Crippen LogP contribution is 2.18. The van der Waals surface area contributed by atoms with Crippen molar-refractivity contribution >= 4 is 11.7 Å². The molecule has 1 N–H and O–H groups in total. The number of nitrogens with zero attached hydrogens (tertiary/aromatic N) is 2. The molecule has 0 bridgehead atoms. The summed E-state index contributed by atoms with van der Waals surface area (Å²) < 4.78 is 0. The zero-order chi connectivity index (χ0) is 11.4. The van der Waals surface area contributed by atoms with Crippen molar-refractivity contribution in [1.82, 2.24) is 9.97 Å². The number of amides is 1. The second-order valence-electron chi connectivity index (χ2n) is 3.35. The van der Waals surface area contributed by atoms with Gasteiger partial charge in [0.2, 0.25) is 5.91 Å². The van der Waals surface area contributed by atoms with Crippen LogP contribution in [0.15, 0.2) is 42.9 Å². The number of aromatic nitrogens is 2. The fourth-order valence-corrected chi connectivity index (χ4v) is 1.36. The Balaban J connectivity index is 2.23. The maximum Gasteiger partial charge on any atom is 0.222 e. The van der Waals surface area contributed by atoms with Crippen molar-refractivity contribution in [3.63, 3.8) is 0 Å². The molecule has 1 amide bonds. The van der Waals surface area contributed by atoms with Crippen LogP contribution >= 0.6 is 0 Å². The van der Waals surface area contributed by atoms with Gasteiger partial charge in [0.1, 0.15) is 5.82 Å². The zero-order valence-electron chi connectivity index (χ0n) is 8.84. The summed E-state index contributed by atoms with van der Waals surface area (Å²) in [6.07, 6.45) is 5.19. The first kappa shape index (κ1) is 10.3. The minimum Gasteiger partial charge on any atom is -0.311 e. The smallest absolute Gasteiger partial charge is 0.222 e. The number of carbonyl (C=O) groups is 1. The van der Waals surface area contributed by atoms with Gasteiger partial charge in [0, 0.05) is 31.1 Å². The number of rotatable bonds is 2. The van der Waals surface area contributed by atoms with E-state index >= 15 is 0 Å². The molecule has 2 heterocycles. The van der Waals surface area contributed by atoms with Crippen molar-refractivity contribution in [3.05, 3.63) is 42.9 Å². The average Bonchev–Trinajstić information content (AvgIpc) is 2.30. The fourth-order valence-electron chi connectivity index (χ4n) is 1.36. The van der Waals surface area contributed by atoms with E-state index in [1.807, 2.05) is 18.2 Å². The van der Waals surface area contributed by atoms with Gasteiger partial charge in [-0.2, -0.15) is 0 Å². The summed E-state index contributed by atoms with van der Waals surface area (Å²) in [5.41, 5.74) is 2.05. The van der Waals surface area contributed by atoms with E-state index in [0.717, 1.165) is 11.1 Å². The van der Waals surface area contributed by atoms with E-state index in [9.17, 15) is 4.79 Å². The molecule has 0 aliphatic heterocycles. The molecule has 0 aliphatic rings. The Bertz CT molecular complexity index is 479. The van der Waals surface area contributed by atoms with Crippen LogP contribution in [0.2, 0.25) is 0 Å². The normalized spacial score (nSPS) is 9.81. The van der Waals surface area contributed by atoms with E-state index in [0.29, 0.717) is 5.82 Å². The molecular weight excluding hydrogens is 202 g/mol. The molecule has 2 aromatic heterocycles. The molecule has 0 saturated heterocycles.